The molecular weight excluding hydrogens is 294 g/mol. The fourth-order valence-corrected chi connectivity index (χ4v) is 1.13. The van der Waals surface area contributed by atoms with Crippen molar-refractivity contribution in [3.8, 4) is 5.75 Å². The molecule has 0 aliphatic carbocycles. The third kappa shape index (κ3) is 3.83. The maximum absolute atomic E-state index is 12.4. The Morgan fingerprint density at radius 1 is 1.11 bits per heavy atom. The first-order valence-corrected chi connectivity index (χ1v) is 4.30. The second-order valence-electron chi connectivity index (χ2n) is 3.14. The van der Waals surface area contributed by atoms with Gasteiger partial charge in [-0.3, -0.25) is 4.79 Å². The molecule has 0 spiro atoms. The highest BCUT2D eigenvalue weighted by Crippen LogP contribution is 2.36. The van der Waals surface area contributed by atoms with E-state index in [-0.39, 0.29) is 0 Å². The van der Waals surface area contributed by atoms with Crippen molar-refractivity contribution < 1.29 is 39.9 Å². The number of hydrogen-bond acceptors (Lipinski definition) is 2. The minimum absolute atomic E-state index is 0.423. The van der Waals surface area contributed by atoms with Crippen LogP contribution in [0, 0.1) is 0 Å². The van der Waals surface area contributed by atoms with Gasteiger partial charge in [-0.25, -0.2) is 8.78 Å². The number of alkyl halides is 8. The Kier molecular flexibility index (Phi) is 3.77. The number of nitrogens with one attached hydrogen (secondary N) is 1. The highest BCUT2D eigenvalue weighted by Gasteiger charge is 2.39. The zero-order chi connectivity index (χ0) is 15.0. The van der Waals surface area contributed by atoms with E-state index in [1.807, 2.05) is 0 Å². The number of aromatic nitrogens is 1. The van der Waals surface area contributed by atoms with Gasteiger partial charge in [-0.05, 0) is 0 Å². The van der Waals surface area contributed by atoms with E-state index in [4.69, 9.17) is 0 Å². The molecule has 0 aromatic carbocycles. The van der Waals surface area contributed by atoms with Gasteiger partial charge in [0.1, 0.15) is 0 Å². The van der Waals surface area contributed by atoms with Crippen molar-refractivity contribution in [2.45, 2.75) is 19.0 Å². The molecule has 19 heavy (non-hydrogen) atoms. The minimum Gasteiger partial charge on any atom is -0.400 e. The van der Waals surface area contributed by atoms with Gasteiger partial charge in [-0.2, -0.15) is 13.2 Å². The van der Waals surface area contributed by atoms with Crippen molar-refractivity contribution in [2.24, 2.45) is 0 Å². The molecule has 0 aliphatic heterocycles. The number of rotatable bonds is 2. The second kappa shape index (κ2) is 4.70. The van der Waals surface area contributed by atoms with Gasteiger partial charge >= 0.3 is 12.5 Å². The maximum atomic E-state index is 12.4. The summed E-state index contributed by atoms with van der Waals surface area (Å²) >= 11 is 0. The first-order chi connectivity index (χ1) is 8.42. The number of halogens is 8. The van der Waals surface area contributed by atoms with Gasteiger partial charge in [0.15, 0.2) is 5.75 Å². The van der Waals surface area contributed by atoms with E-state index in [9.17, 15) is 39.9 Å². The van der Waals surface area contributed by atoms with Gasteiger partial charge in [-0.15, -0.1) is 13.2 Å². The zero-order valence-electron chi connectivity index (χ0n) is 8.49. The third-order valence-corrected chi connectivity index (χ3v) is 1.79. The van der Waals surface area contributed by atoms with Crippen LogP contribution in [0.1, 0.15) is 17.7 Å². The molecule has 0 saturated heterocycles. The fraction of sp³-hybridized carbons (Fsp3) is 0.375. The lowest BCUT2D eigenvalue weighted by atomic mass is 10.2. The Morgan fingerprint density at radius 3 is 2.00 bits per heavy atom. The number of pyridine rings is 1. The molecule has 1 aromatic heterocycles. The molecule has 0 aliphatic rings. The molecule has 108 valence electrons. The van der Waals surface area contributed by atoms with Crippen LogP contribution < -0.4 is 10.3 Å². The van der Waals surface area contributed by atoms with Crippen LogP contribution in [0.25, 0.3) is 0 Å². The van der Waals surface area contributed by atoms with Gasteiger partial charge in [0.25, 0.3) is 12.0 Å². The Labute approximate surface area is 98.3 Å². The number of aromatic amines is 1. The third-order valence-electron chi connectivity index (χ3n) is 1.79. The average molecular weight is 297 g/mol. The zero-order valence-corrected chi connectivity index (χ0v) is 8.49. The van der Waals surface area contributed by atoms with Crippen LogP contribution in [0.3, 0.4) is 0 Å². The standard InChI is InChI=1S/C8H3F8NO2/c9-5(10)4-2(7(11,12)13)1-3(6(18)17-4)19-8(14,15)16/h1,5H,(H,17,18). The van der Waals surface area contributed by atoms with Gasteiger partial charge in [0.05, 0.1) is 11.3 Å². The highest BCUT2D eigenvalue weighted by atomic mass is 19.4. The maximum Gasteiger partial charge on any atom is 0.573 e. The van der Waals surface area contributed by atoms with Crippen molar-refractivity contribution in [3.05, 3.63) is 27.7 Å². The van der Waals surface area contributed by atoms with Crippen molar-refractivity contribution >= 4 is 0 Å². The fourth-order valence-electron chi connectivity index (χ4n) is 1.13. The second-order valence-corrected chi connectivity index (χ2v) is 3.14. The Hall–Kier alpha value is -1.81. The molecule has 0 radical (unpaired) electrons. The summed E-state index contributed by atoms with van der Waals surface area (Å²) in [5, 5.41) is 0. The quantitative estimate of drug-likeness (QED) is 0.852. The van der Waals surface area contributed by atoms with E-state index in [2.05, 4.69) is 4.74 Å². The van der Waals surface area contributed by atoms with Crippen molar-refractivity contribution in [2.75, 3.05) is 0 Å². The summed E-state index contributed by atoms with van der Waals surface area (Å²) in [6, 6.07) is -0.423. The molecule has 3 nitrogen and oxygen atoms in total. The molecule has 1 rings (SSSR count). The van der Waals surface area contributed by atoms with E-state index < -0.39 is 47.6 Å². The predicted octanol–water partition coefficient (Wildman–Crippen LogP) is 3.23. The summed E-state index contributed by atoms with van der Waals surface area (Å²) in [4.78, 5) is 11.9. The molecule has 0 fully saturated rings. The minimum atomic E-state index is -5.43. The molecular formula is C8H3F8NO2. The van der Waals surface area contributed by atoms with Crippen molar-refractivity contribution in [1.82, 2.24) is 4.98 Å². The van der Waals surface area contributed by atoms with Crippen LogP contribution in [-0.4, -0.2) is 11.3 Å². The topological polar surface area (TPSA) is 42.1 Å². The van der Waals surface area contributed by atoms with Gasteiger partial charge in [0, 0.05) is 6.07 Å². The Morgan fingerprint density at radius 2 is 1.63 bits per heavy atom. The summed E-state index contributed by atoms with van der Waals surface area (Å²) in [7, 11) is 0. The molecule has 0 amide bonds. The van der Waals surface area contributed by atoms with E-state index in [0.29, 0.717) is 0 Å². The molecule has 0 unspecified atom stereocenters. The lowest BCUT2D eigenvalue weighted by Gasteiger charge is -2.14. The SMILES string of the molecule is O=c1[nH]c(C(F)F)c(C(F)(F)F)cc1OC(F)(F)F. The Bertz CT molecular complexity index is 515. The summed E-state index contributed by atoms with van der Waals surface area (Å²) in [6.45, 7) is 0. The number of H-pyrrole nitrogens is 1. The van der Waals surface area contributed by atoms with E-state index in [0.717, 1.165) is 4.98 Å². The van der Waals surface area contributed by atoms with Crippen molar-refractivity contribution in [3.63, 3.8) is 0 Å². The highest BCUT2D eigenvalue weighted by molar-refractivity contribution is 5.32. The lowest BCUT2D eigenvalue weighted by Crippen LogP contribution is -2.25. The molecule has 1 heterocycles. The molecule has 0 bridgehead atoms. The van der Waals surface area contributed by atoms with Crippen LogP contribution in [0.5, 0.6) is 5.75 Å². The van der Waals surface area contributed by atoms with Gasteiger partial charge in [-0.1, -0.05) is 0 Å². The Balaban J connectivity index is 3.43. The summed E-state index contributed by atoms with van der Waals surface area (Å²) in [6.07, 6.45) is -14.5. The smallest absolute Gasteiger partial charge is 0.400 e. The largest absolute Gasteiger partial charge is 0.573 e. The molecule has 0 saturated carbocycles. The van der Waals surface area contributed by atoms with Crippen LogP contribution in [-0.2, 0) is 6.18 Å². The molecule has 1 aromatic rings. The summed E-state index contributed by atoms with van der Waals surface area (Å²) < 4.78 is 100. The average Bonchev–Trinajstić information content (AvgIpc) is 2.16. The number of hydrogen-bond donors (Lipinski definition) is 1. The molecule has 1 N–H and O–H groups in total. The van der Waals surface area contributed by atoms with Crippen LogP contribution in [0.2, 0.25) is 0 Å². The van der Waals surface area contributed by atoms with Crippen molar-refractivity contribution in [1.29, 1.82) is 0 Å². The van der Waals surface area contributed by atoms with E-state index >= 15 is 0 Å². The monoisotopic (exact) mass is 297 g/mol. The first-order valence-electron chi connectivity index (χ1n) is 4.30. The molecule has 11 heteroatoms. The van der Waals surface area contributed by atoms with Crippen LogP contribution >= 0.6 is 0 Å². The summed E-state index contributed by atoms with van der Waals surface area (Å²) in [5.74, 6) is -1.77. The summed E-state index contributed by atoms with van der Waals surface area (Å²) in [5.41, 5.74) is -5.78. The van der Waals surface area contributed by atoms with Gasteiger partial charge in [0.2, 0.25) is 0 Å². The number of ether oxygens (including phenoxy) is 1. The van der Waals surface area contributed by atoms with Crippen LogP contribution in [0.4, 0.5) is 35.1 Å². The van der Waals surface area contributed by atoms with E-state index in [1.54, 1.807) is 0 Å². The first kappa shape index (κ1) is 15.2. The van der Waals surface area contributed by atoms with Crippen LogP contribution in [0.15, 0.2) is 10.9 Å². The normalized spacial score (nSPS) is 12.9. The predicted molar refractivity (Wildman–Crippen MR) is 43.7 cm³/mol. The van der Waals surface area contributed by atoms with E-state index in [1.165, 1.54) is 0 Å². The lowest BCUT2D eigenvalue weighted by molar-refractivity contribution is -0.275. The van der Waals surface area contributed by atoms with Gasteiger partial charge < -0.3 is 9.72 Å². The molecule has 0 atom stereocenters.